The molecule has 3 heteroatoms. The molecule has 1 N–H and O–H groups in total. The zero-order valence-electron chi connectivity index (χ0n) is 8.75. The van der Waals surface area contributed by atoms with Crippen molar-refractivity contribution >= 4 is 28.3 Å². The summed E-state index contributed by atoms with van der Waals surface area (Å²) in [7, 11) is 1.73. The second-order valence-corrected chi connectivity index (χ2v) is 4.52. The summed E-state index contributed by atoms with van der Waals surface area (Å²) < 4.78 is 6.50. The number of benzene rings is 1. The molecular formula is C11H16INO. The number of rotatable bonds is 4. The molecule has 2 unspecified atom stereocenters. The first-order valence-electron chi connectivity index (χ1n) is 4.69. The van der Waals surface area contributed by atoms with Crippen LogP contribution in [0.3, 0.4) is 0 Å². The standard InChI is InChI=1S/C11H16INO/c1-8(9(2)14-3)13-11-7-5-4-6-10(11)12/h4-9,13H,1-3H3. The van der Waals surface area contributed by atoms with Crippen molar-refractivity contribution in [2.45, 2.75) is 26.0 Å². The molecule has 1 aromatic carbocycles. The lowest BCUT2D eigenvalue weighted by molar-refractivity contribution is 0.106. The van der Waals surface area contributed by atoms with Crippen LogP contribution in [0.1, 0.15) is 13.8 Å². The zero-order chi connectivity index (χ0) is 10.6. The van der Waals surface area contributed by atoms with Gasteiger partial charge < -0.3 is 10.1 Å². The highest BCUT2D eigenvalue weighted by molar-refractivity contribution is 14.1. The molecule has 0 heterocycles. The Kier molecular flexibility index (Phi) is 4.68. The van der Waals surface area contributed by atoms with E-state index in [2.05, 4.69) is 53.9 Å². The number of nitrogens with one attached hydrogen (secondary N) is 1. The van der Waals surface area contributed by atoms with E-state index in [0.717, 1.165) is 0 Å². The van der Waals surface area contributed by atoms with Crippen molar-refractivity contribution in [2.75, 3.05) is 12.4 Å². The van der Waals surface area contributed by atoms with Crippen LogP contribution in [-0.4, -0.2) is 19.3 Å². The van der Waals surface area contributed by atoms with Gasteiger partial charge in [0.05, 0.1) is 6.10 Å². The van der Waals surface area contributed by atoms with Crippen LogP contribution in [0.15, 0.2) is 24.3 Å². The summed E-state index contributed by atoms with van der Waals surface area (Å²) in [5, 5.41) is 3.43. The van der Waals surface area contributed by atoms with Gasteiger partial charge in [-0.05, 0) is 48.6 Å². The van der Waals surface area contributed by atoms with Crippen molar-refractivity contribution in [3.8, 4) is 0 Å². The quantitative estimate of drug-likeness (QED) is 0.863. The molecular weight excluding hydrogens is 289 g/mol. The Morgan fingerprint density at radius 2 is 1.93 bits per heavy atom. The van der Waals surface area contributed by atoms with Crippen molar-refractivity contribution < 1.29 is 4.74 Å². The van der Waals surface area contributed by atoms with Gasteiger partial charge in [0.2, 0.25) is 0 Å². The summed E-state index contributed by atoms with van der Waals surface area (Å²) in [6.07, 6.45) is 0.214. The Morgan fingerprint density at radius 3 is 2.50 bits per heavy atom. The van der Waals surface area contributed by atoms with Crippen molar-refractivity contribution in [2.24, 2.45) is 0 Å². The van der Waals surface area contributed by atoms with E-state index in [9.17, 15) is 0 Å². The molecule has 2 atom stereocenters. The van der Waals surface area contributed by atoms with E-state index < -0.39 is 0 Å². The van der Waals surface area contributed by atoms with Gasteiger partial charge in [0.15, 0.2) is 0 Å². The highest BCUT2D eigenvalue weighted by Gasteiger charge is 2.11. The highest BCUT2D eigenvalue weighted by Crippen LogP contribution is 2.18. The minimum atomic E-state index is 0.214. The molecule has 0 fully saturated rings. The summed E-state index contributed by atoms with van der Waals surface area (Å²) in [5.74, 6) is 0. The van der Waals surface area contributed by atoms with Crippen LogP contribution in [0.4, 0.5) is 5.69 Å². The first kappa shape index (κ1) is 11.8. The van der Waals surface area contributed by atoms with E-state index >= 15 is 0 Å². The molecule has 0 aliphatic carbocycles. The normalized spacial score (nSPS) is 14.9. The fourth-order valence-corrected chi connectivity index (χ4v) is 1.69. The van der Waals surface area contributed by atoms with E-state index in [4.69, 9.17) is 4.74 Å². The van der Waals surface area contributed by atoms with Crippen LogP contribution in [0, 0.1) is 3.57 Å². The van der Waals surface area contributed by atoms with Gasteiger partial charge in [-0.25, -0.2) is 0 Å². The monoisotopic (exact) mass is 305 g/mol. The van der Waals surface area contributed by atoms with Gasteiger partial charge in [0, 0.05) is 22.4 Å². The van der Waals surface area contributed by atoms with Crippen molar-refractivity contribution in [3.63, 3.8) is 0 Å². The smallest absolute Gasteiger partial charge is 0.0741 e. The van der Waals surface area contributed by atoms with E-state index in [0.29, 0.717) is 6.04 Å². The fourth-order valence-electron chi connectivity index (χ4n) is 1.15. The van der Waals surface area contributed by atoms with E-state index in [1.807, 2.05) is 12.1 Å². The van der Waals surface area contributed by atoms with E-state index in [1.54, 1.807) is 7.11 Å². The van der Waals surface area contributed by atoms with Gasteiger partial charge in [0.25, 0.3) is 0 Å². The molecule has 0 aromatic heterocycles. The molecule has 2 nitrogen and oxygen atoms in total. The predicted octanol–water partition coefficient (Wildman–Crippen LogP) is 3.13. The largest absolute Gasteiger partial charge is 0.380 e. The Morgan fingerprint density at radius 1 is 1.29 bits per heavy atom. The number of hydrogen-bond donors (Lipinski definition) is 1. The minimum Gasteiger partial charge on any atom is -0.380 e. The number of anilines is 1. The van der Waals surface area contributed by atoms with Crippen LogP contribution >= 0.6 is 22.6 Å². The maximum Gasteiger partial charge on any atom is 0.0741 e. The zero-order valence-corrected chi connectivity index (χ0v) is 10.9. The third kappa shape index (κ3) is 3.13. The maximum atomic E-state index is 5.26. The van der Waals surface area contributed by atoms with Gasteiger partial charge in [0.1, 0.15) is 0 Å². The van der Waals surface area contributed by atoms with Crippen molar-refractivity contribution in [1.29, 1.82) is 0 Å². The van der Waals surface area contributed by atoms with Gasteiger partial charge in [-0.3, -0.25) is 0 Å². The highest BCUT2D eigenvalue weighted by atomic mass is 127. The maximum absolute atomic E-state index is 5.26. The number of ether oxygens (including phenoxy) is 1. The van der Waals surface area contributed by atoms with Crippen LogP contribution in [0.5, 0.6) is 0 Å². The number of para-hydroxylation sites is 1. The van der Waals surface area contributed by atoms with Gasteiger partial charge in [-0.15, -0.1) is 0 Å². The van der Waals surface area contributed by atoms with Crippen LogP contribution in [0.25, 0.3) is 0 Å². The average molecular weight is 305 g/mol. The van der Waals surface area contributed by atoms with Gasteiger partial charge in [-0.1, -0.05) is 12.1 Å². The molecule has 0 aliphatic rings. The summed E-state index contributed by atoms with van der Waals surface area (Å²) >= 11 is 2.33. The summed E-state index contributed by atoms with van der Waals surface area (Å²) in [6, 6.07) is 8.57. The molecule has 78 valence electrons. The third-order valence-corrected chi connectivity index (χ3v) is 3.27. The molecule has 0 bridgehead atoms. The van der Waals surface area contributed by atoms with Crippen LogP contribution in [-0.2, 0) is 4.74 Å². The van der Waals surface area contributed by atoms with Crippen LogP contribution in [0.2, 0.25) is 0 Å². The Bertz CT molecular complexity index is 290. The predicted molar refractivity (Wildman–Crippen MR) is 68.7 cm³/mol. The number of hydrogen-bond acceptors (Lipinski definition) is 2. The molecule has 1 rings (SSSR count). The number of methoxy groups -OCH3 is 1. The summed E-state index contributed by atoms with van der Waals surface area (Å²) in [5.41, 5.74) is 1.17. The van der Waals surface area contributed by atoms with Crippen molar-refractivity contribution in [1.82, 2.24) is 0 Å². The first-order chi connectivity index (χ1) is 6.65. The van der Waals surface area contributed by atoms with Gasteiger partial charge >= 0.3 is 0 Å². The number of halogens is 1. The van der Waals surface area contributed by atoms with E-state index in [-0.39, 0.29) is 6.10 Å². The molecule has 14 heavy (non-hydrogen) atoms. The molecule has 0 saturated heterocycles. The SMILES string of the molecule is COC(C)C(C)Nc1ccccc1I. The Labute approximate surface area is 99.2 Å². The molecule has 0 spiro atoms. The van der Waals surface area contributed by atoms with Crippen LogP contribution < -0.4 is 5.32 Å². The summed E-state index contributed by atoms with van der Waals surface area (Å²) in [6.45, 7) is 4.19. The topological polar surface area (TPSA) is 21.3 Å². The second kappa shape index (κ2) is 5.56. The molecule has 0 saturated carbocycles. The molecule has 0 aliphatic heterocycles. The second-order valence-electron chi connectivity index (χ2n) is 3.35. The lowest BCUT2D eigenvalue weighted by Crippen LogP contribution is -2.29. The minimum absolute atomic E-state index is 0.214. The lowest BCUT2D eigenvalue weighted by atomic mass is 10.2. The first-order valence-corrected chi connectivity index (χ1v) is 5.77. The molecule has 0 amide bonds. The van der Waals surface area contributed by atoms with Gasteiger partial charge in [-0.2, -0.15) is 0 Å². The Hall–Kier alpha value is -0.290. The molecule has 1 aromatic rings. The fraction of sp³-hybridized carbons (Fsp3) is 0.455. The van der Waals surface area contributed by atoms with E-state index in [1.165, 1.54) is 9.26 Å². The molecule has 0 radical (unpaired) electrons. The lowest BCUT2D eigenvalue weighted by Gasteiger charge is -2.21. The third-order valence-electron chi connectivity index (χ3n) is 2.33. The average Bonchev–Trinajstić information content (AvgIpc) is 2.20. The van der Waals surface area contributed by atoms with Crippen molar-refractivity contribution in [3.05, 3.63) is 27.8 Å². The Balaban J connectivity index is 2.64. The summed E-state index contributed by atoms with van der Waals surface area (Å²) in [4.78, 5) is 0.